The molecule has 0 spiro atoms. The van der Waals surface area contributed by atoms with Gasteiger partial charge in [0.25, 0.3) is 0 Å². The van der Waals surface area contributed by atoms with Gasteiger partial charge in [-0.1, -0.05) is 51.0 Å². The fourth-order valence-corrected chi connectivity index (χ4v) is 4.71. The lowest BCUT2D eigenvalue weighted by Gasteiger charge is -2.20. The molecule has 0 radical (unpaired) electrons. The average molecular weight is 419 g/mol. The minimum Gasteiger partial charge on any atom is -0.308 e. The highest BCUT2D eigenvalue weighted by atomic mass is 31.2. The molecular weight excluding hydrogens is 389 g/mol. The van der Waals surface area contributed by atoms with E-state index < -0.39 is 19.3 Å². The number of rotatable bonds is 14. The van der Waals surface area contributed by atoms with E-state index in [2.05, 4.69) is 0 Å². The van der Waals surface area contributed by atoms with E-state index in [4.69, 9.17) is 9.05 Å². The summed E-state index contributed by atoms with van der Waals surface area (Å²) in [6, 6.07) is 8.53. The molecule has 29 heavy (non-hydrogen) atoms. The van der Waals surface area contributed by atoms with E-state index in [0.29, 0.717) is 18.8 Å². The highest BCUT2D eigenvalue weighted by Crippen LogP contribution is 2.52. The summed E-state index contributed by atoms with van der Waals surface area (Å²) in [5, 5.41) is 9.42. The van der Waals surface area contributed by atoms with E-state index in [0.717, 1.165) is 38.5 Å². The summed E-state index contributed by atoms with van der Waals surface area (Å²) >= 11 is 0. The first-order valence-electron chi connectivity index (χ1n) is 10.4. The number of carbonyl (C=O) groups is 2. The lowest BCUT2D eigenvalue weighted by Crippen LogP contribution is -2.25. The van der Waals surface area contributed by atoms with E-state index >= 15 is 0 Å². The first-order valence-corrected chi connectivity index (χ1v) is 12.1. The number of unbranched alkanes of at least 4 members (excludes halogenated alkanes) is 2. The largest absolute Gasteiger partial charge is 0.335 e. The van der Waals surface area contributed by atoms with Crippen LogP contribution in [0.2, 0.25) is 0 Å². The number of Topliss-reactive ketones (excluding diaryl/α,β-unsaturated/α-hetero) is 2. The molecule has 1 aliphatic carbocycles. The molecule has 158 valence electrons. The van der Waals surface area contributed by atoms with Gasteiger partial charge in [0, 0.05) is 11.5 Å². The zero-order chi connectivity index (χ0) is 21.3. The molecule has 1 aromatic rings. The Hall–Kier alpha value is -1.80. The summed E-state index contributed by atoms with van der Waals surface area (Å²) in [5.41, 5.74) is 0.726. The molecule has 1 atom stereocenters. The van der Waals surface area contributed by atoms with E-state index in [-0.39, 0.29) is 23.4 Å². The first kappa shape index (κ1) is 23.5. The maximum Gasteiger partial charge on any atom is 0.335 e. The molecule has 1 aromatic carbocycles. The minimum atomic E-state index is -3.46. The van der Waals surface area contributed by atoms with Crippen molar-refractivity contribution in [2.45, 2.75) is 58.5 Å². The Balaban J connectivity index is 2.23. The first-order chi connectivity index (χ1) is 14.0. The lowest BCUT2D eigenvalue weighted by molar-refractivity contribution is -0.121. The quantitative estimate of drug-likeness (QED) is 0.175. The molecule has 0 aliphatic heterocycles. The van der Waals surface area contributed by atoms with Crippen molar-refractivity contribution in [1.29, 1.82) is 5.26 Å². The number of hydrogen-bond donors (Lipinski definition) is 0. The van der Waals surface area contributed by atoms with Crippen LogP contribution in [0.5, 0.6) is 0 Å². The van der Waals surface area contributed by atoms with Crippen LogP contribution in [0.25, 0.3) is 0 Å². The molecule has 6 nitrogen and oxygen atoms in total. The van der Waals surface area contributed by atoms with E-state index in [1.807, 2.05) is 19.9 Å². The van der Waals surface area contributed by atoms with Gasteiger partial charge in [-0.3, -0.25) is 14.2 Å². The van der Waals surface area contributed by atoms with Crippen molar-refractivity contribution >= 4 is 19.2 Å². The number of carbonyl (C=O) groups excluding carboxylic acids is 2. The molecule has 1 saturated carbocycles. The van der Waals surface area contributed by atoms with Crippen LogP contribution in [-0.2, 0) is 24.6 Å². The molecule has 0 N–H and O–H groups in total. The van der Waals surface area contributed by atoms with Gasteiger partial charge >= 0.3 is 7.60 Å². The van der Waals surface area contributed by atoms with Crippen LogP contribution in [0, 0.1) is 23.2 Å². The van der Waals surface area contributed by atoms with Gasteiger partial charge in [0.15, 0.2) is 17.5 Å². The molecule has 0 amide bonds. The van der Waals surface area contributed by atoms with Gasteiger partial charge in [0.05, 0.1) is 25.4 Å². The SMILES string of the molecule is CCCCOP(=O)(Cc1ccccc1C(=O)C(C#N)C(=O)C1CC1)OCCCC. The zero-order valence-electron chi connectivity index (χ0n) is 17.3. The molecule has 7 heteroatoms. The Labute approximate surface area is 173 Å². The standard InChI is InChI=1S/C22H30NO5P/c1-3-5-13-27-29(26,28-14-6-4-2)16-18-9-7-8-10-19(18)22(25)20(15-23)21(24)17-11-12-17/h7-10,17,20H,3-6,11-14,16H2,1-2H3. The predicted molar refractivity (Wildman–Crippen MR) is 111 cm³/mol. The molecule has 0 bridgehead atoms. The summed E-state index contributed by atoms with van der Waals surface area (Å²) in [6.45, 7) is 4.66. The van der Waals surface area contributed by atoms with Gasteiger partial charge in [0.2, 0.25) is 0 Å². The van der Waals surface area contributed by atoms with Crippen molar-refractivity contribution < 1.29 is 23.2 Å². The van der Waals surface area contributed by atoms with Crippen molar-refractivity contribution in [1.82, 2.24) is 0 Å². The van der Waals surface area contributed by atoms with Crippen LogP contribution in [0.15, 0.2) is 24.3 Å². The van der Waals surface area contributed by atoms with Crippen LogP contribution in [0.1, 0.15) is 68.3 Å². The van der Waals surface area contributed by atoms with Crippen LogP contribution in [-0.4, -0.2) is 24.8 Å². The maximum absolute atomic E-state index is 13.3. The Kier molecular flexibility index (Phi) is 9.23. The summed E-state index contributed by atoms with van der Waals surface area (Å²) in [6.07, 6.45) is 4.73. The Morgan fingerprint density at radius 2 is 1.72 bits per heavy atom. The van der Waals surface area contributed by atoms with Crippen molar-refractivity contribution in [3.8, 4) is 6.07 Å². The molecule has 0 aromatic heterocycles. The maximum atomic E-state index is 13.3. The highest BCUT2D eigenvalue weighted by Gasteiger charge is 2.39. The number of benzene rings is 1. The van der Waals surface area contributed by atoms with Crippen molar-refractivity contribution in [2.24, 2.45) is 11.8 Å². The Morgan fingerprint density at radius 3 is 2.24 bits per heavy atom. The Bertz CT molecular complexity index is 783. The summed E-state index contributed by atoms with van der Waals surface area (Å²) < 4.78 is 24.6. The fourth-order valence-electron chi connectivity index (χ4n) is 2.94. The number of hydrogen-bond acceptors (Lipinski definition) is 6. The molecule has 2 rings (SSSR count). The summed E-state index contributed by atoms with van der Waals surface area (Å²) in [5.74, 6) is -2.34. The molecule has 0 saturated heterocycles. The van der Waals surface area contributed by atoms with E-state index in [1.165, 1.54) is 0 Å². The second-order valence-electron chi connectivity index (χ2n) is 7.40. The normalized spacial score (nSPS) is 14.9. The van der Waals surface area contributed by atoms with Crippen molar-refractivity contribution in [2.75, 3.05) is 13.2 Å². The van der Waals surface area contributed by atoms with Gasteiger partial charge in [-0.05, 0) is 31.2 Å². The van der Waals surface area contributed by atoms with Gasteiger partial charge < -0.3 is 9.05 Å². The monoisotopic (exact) mass is 419 g/mol. The smallest absolute Gasteiger partial charge is 0.308 e. The van der Waals surface area contributed by atoms with Gasteiger partial charge in [-0.2, -0.15) is 5.26 Å². The van der Waals surface area contributed by atoms with Crippen molar-refractivity contribution in [3.63, 3.8) is 0 Å². The second-order valence-corrected chi connectivity index (χ2v) is 9.46. The summed E-state index contributed by atoms with van der Waals surface area (Å²) in [4.78, 5) is 25.3. The third kappa shape index (κ3) is 6.89. The van der Waals surface area contributed by atoms with Gasteiger partial charge in [0.1, 0.15) is 0 Å². The summed E-state index contributed by atoms with van der Waals surface area (Å²) in [7, 11) is -3.46. The molecule has 1 unspecified atom stereocenters. The molecule has 0 heterocycles. The zero-order valence-corrected chi connectivity index (χ0v) is 18.2. The number of nitriles is 1. The minimum absolute atomic E-state index is 0.0574. The van der Waals surface area contributed by atoms with Gasteiger partial charge in [-0.25, -0.2) is 0 Å². The van der Waals surface area contributed by atoms with Crippen LogP contribution in [0.3, 0.4) is 0 Å². The fraction of sp³-hybridized carbons (Fsp3) is 0.591. The molecule has 1 aliphatic rings. The second kappa shape index (κ2) is 11.4. The molecular formula is C22H30NO5P. The van der Waals surface area contributed by atoms with E-state index in [9.17, 15) is 19.4 Å². The third-order valence-corrected chi connectivity index (χ3v) is 6.75. The van der Waals surface area contributed by atoms with Crippen LogP contribution in [0.4, 0.5) is 0 Å². The number of ketones is 2. The third-order valence-electron chi connectivity index (χ3n) is 4.87. The van der Waals surface area contributed by atoms with Crippen LogP contribution < -0.4 is 0 Å². The van der Waals surface area contributed by atoms with Crippen LogP contribution >= 0.6 is 7.60 Å². The number of nitrogens with zero attached hydrogens (tertiary/aromatic N) is 1. The topological polar surface area (TPSA) is 93.5 Å². The highest BCUT2D eigenvalue weighted by molar-refractivity contribution is 7.53. The predicted octanol–water partition coefficient (Wildman–Crippen LogP) is 5.31. The Morgan fingerprint density at radius 1 is 1.14 bits per heavy atom. The van der Waals surface area contributed by atoms with Crippen molar-refractivity contribution in [3.05, 3.63) is 35.4 Å². The van der Waals surface area contributed by atoms with Gasteiger partial charge in [-0.15, -0.1) is 0 Å². The lowest BCUT2D eigenvalue weighted by atomic mass is 9.90. The average Bonchev–Trinajstić information content (AvgIpc) is 3.54. The molecule has 1 fully saturated rings. The van der Waals surface area contributed by atoms with E-state index in [1.54, 1.807) is 24.3 Å².